The van der Waals surface area contributed by atoms with Crippen LogP contribution in [0.5, 0.6) is 5.75 Å². The highest BCUT2D eigenvalue weighted by Gasteiger charge is 2.16. The lowest BCUT2D eigenvalue weighted by Crippen LogP contribution is -2.37. The molecule has 112 valence electrons. The maximum atomic E-state index is 12.3. The lowest BCUT2D eigenvalue weighted by molar-refractivity contribution is -0.0499. The zero-order valence-electron chi connectivity index (χ0n) is 11.2. The van der Waals surface area contributed by atoms with Gasteiger partial charge in [-0.2, -0.15) is 8.78 Å². The largest absolute Gasteiger partial charge is 0.435 e. The van der Waals surface area contributed by atoms with Gasteiger partial charge in [-0.25, -0.2) is 0 Å². The molecule has 0 aromatic heterocycles. The van der Waals surface area contributed by atoms with Crippen molar-refractivity contribution in [1.82, 2.24) is 4.90 Å². The van der Waals surface area contributed by atoms with Crippen molar-refractivity contribution in [3.63, 3.8) is 0 Å². The van der Waals surface area contributed by atoms with Gasteiger partial charge in [0.2, 0.25) is 0 Å². The van der Waals surface area contributed by atoms with Gasteiger partial charge in [0, 0.05) is 32.3 Å². The van der Waals surface area contributed by atoms with Crippen LogP contribution in [0.2, 0.25) is 0 Å². The lowest BCUT2D eigenvalue weighted by atomic mass is 10.2. The monoisotopic (exact) mass is 288 g/mol. The molecule has 0 radical (unpaired) electrons. The second-order valence-corrected chi connectivity index (χ2v) is 3.98. The second kappa shape index (κ2) is 8.44. The molecule has 0 bridgehead atoms. The Kier molecular flexibility index (Phi) is 6.89. The Labute approximate surface area is 116 Å². The van der Waals surface area contributed by atoms with E-state index in [-0.39, 0.29) is 17.2 Å². The number of amides is 1. The molecule has 0 aliphatic carbocycles. The van der Waals surface area contributed by atoms with E-state index in [0.29, 0.717) is 26.2 Å². The molecule has 0 saturated carbocycles. The van der Waals surface area contributed by atoms with E-state index in [4.69, 9.17) is 10.5 Å². The molecule has 0 fully saturated rings. The van der Waals surface area contributed by atoms with E-state index in [1.165, 1.54) is 36.3 Å². The van der Waals surface area contributed by atoms with Crippen LogP contribution in [0, 0.1) is 0 Å². The number of nitrogens with zero attached hydrogens (tertiary/aromatic N) is 1. The molecule has 0 aliphatic rings. The molecule has 2 N–H and O–H groups in total. The molecule has 0 aliphatic heterocycles. The fourth-order valence-electron chi connectivity index (χ4n) is 1.66. The first-order chi connectivity index (χ1) is 9.58. The van der Waals surface area contributed by atoms with Gasteiger partial charge in [-0.1, -0.05) is 6.07 Å². The van der Waals surface area contributed by atoms with Crippen molar-refractivity contribution in [1.29, 1.82) is 0 Å². The number of methoxy groups -OCH3 is 1. The highest BCUT2D eigenvalue weighted by atomic mass is 19.3. The maximum absolute atomic E-state index is 12.3. The minimum atomic E-state index is -2.92. The number of hydrogen-bond acceptors (Lipinski definition) is 4. The Hall–Kier alpha value is -1.73. The predicted octanol–water partition coefficient (Wildman–Crippen LogP) is 1.34. The summed E-state index contributed by atoms with van der Waals surface area (Å²) < 4.78 is 33.5. The highest BCUT2D eigenvalue weighted by Crippen LogP contribution is 2.17. The van der Waals surface area contributed by atoms with Gasteiger partial charge in [-0.3, -0.25) is 4.79 Å². The summed E-state index contributed by atoms with van der Waals surface area (Å²) in [5, 5.41) is 0. The Morgan fingerprint density at radius 1 is 1.40 bits per heavy atom. The molecule has 0 atom stereocenters. The molecule has 1 rings (SSSR count). The summed E-state index contributed by atoms with van der Waals surface area (Å²) in [5.41, 5.74) is 5.73. The average molecular weight is 288 g/mol. The smallest absolute Gasteiger partial charge is 0.387 e. The number of carbonyl (C=O) groups is 1. The third-order valence-corrected chi connectivity index (χ3v) is 2.56. The van der Waals surface area contributed by atoms with Crippen LogP contribution in [-0.4, -0.2) is 50.8 Å². The molecule has 5 nitrogen and oxygen atoms in total. The normalized spacial score (nSPS) is 10.7. The topological polar surface area (TPSA) is 64.8 Å². The maximum Gasteiger partial charge on any atom is 0.387 e. The molecular formula is C13H18F2N2O3. The van der Waals surface area contributed by atoms with Crippen LogP contribution in [0.15, 0.2) is 24.3 Å². The summed E-state index contributed by atoms with van der Waals surface area (Å²) in [6.45, 7) is -1.50. The van der Waals surface area contributed by atoms with Crippen LogP contribution < -0.4 is 10.5 Å². The summed E-state index contributed by atoms with van der Waals surface area (Å²) in [6.07, 6.45) is 0. The number of halogens is 2. The number of ether oxygens (including phenoxy) is 2. The van der Waals surface area contributed by atoms with Crippen molar-refractivity contribution >= 4 is 5.91 Å². The molecule has 0 saturated heterocycles. The van der Waals surface area contributed by atoms with E-state index in [9.17, 15) is 13.6 Å². The number of hydrogen-bond donors (Lipinski definition) is 1. The quantitative estimate of drug-likeness (QED) is 0.784. The zero-order chi connectivity index (χ0) is 15.0. The fraction of sp³-hybridized carbons (Fsp3) is 0.462. The van der Waals surface area contributed by atoms with Crippen LogP contribution in [0.3, 0.4) is 0 Å². The summed E-state index contributed by atoms with van der Waals surface area (Å²) in [5.74, 6) is -0.350. The summed E-state index contributed by atoms with van der Waals surface area (Å²) >= 11 is 0. The molecule has 7 heteroatoms. The molecule has 1 amide bonds. The van der Waals surface area contributed by atoms with Gasteiger partial charge >= 0.3 is 6.61 Å². The third-order valence-electron chi connectivity index (χ3n) is 2.56. The first kappa shape index (κ1) is 16.3. The number of carbonyl (C=O) groups excluding carboxylic acids is 1. The first-order valence-electron chi connectivity index (χ1n) is 6.11. The van der Waals surface area contributed by atoms with Crippen LogP contribution in [-0.2, 0) is 4.74 Å². The predicted molar refractivity (Wildman–Crippen MR) is 69.9 cm³/mol. The van der Waals surface area contributed by atoms with E-state index in [1.54, 1.807) is 0 Å². The van der Waals surface area contributed by atoms with E-state index in [0.717, 1.165) is 0 Å². The van der Waals surface area contributed by atoms with E-state index >= 15 is 0 Å². The van der Waals surface area contributed by atoms with Crippen molar-refractivity contribution in [3.8, 4) is 5.75 Å². The zero-order valence-corrected chi connectivity index (χ0v) is 11.2. The molecule has 1 aromatic carbocycles. The Morgan fingerprint density at radius 3 is 2.75 bits per heavy atom. The minimum Gasteiger partial charge on any atom is -0.435 e. The third kappa shape index (κ3) is 5.10. The van der Waals surface area contributed by atoms with Gasteiger partial charge < -0.3 is 20.1 Å². The molecule has 0 unspecified atom stereocenters. The van der Waals surface area contributed by atoms with E-state index in [1.807, 2.05) is 0 Å². The molecule has 20 heavy (non-hydrogen) atoms. The van der Waals surface area contributed by atoms with Crippen molar-refractivity contribution in [2.24, 2.45) is 5.73 Å². The fourth-order valence-corrected chi connectivity index (χ4v) is 1.66. The SMILES string of the molecule is COCCN(CCN)C(=O)c1cccc(OC(F)F)c1. The lowest BCUT2D eigenvalue weighted by Gasteiger charge is -2.21. The van der Waals surface area contributed by atoms with Gasteiger partial charge in [0.05, 0.1) is 6.61 Å². The van der Waals surface area contributed by atoms with Crippen molar-refractivity contribution in [2.75, 3.05) is 33.4 Å². The number of nitrogens with two attached hydrogens (primary N) is 1. The summed E-state index contributed by atoms with van der Waals surface area (Å²) in [4.78, 5) is 13.8. The number of benzene rings is 1. The van der Waals surface area contributed by atoms with Gasteiger partial charge in [0.1, 0.15) is 5.75 Å². The van der Waals surface area contributed by atoms with Gasteiger partial charge in [0.15, 0.2) is 0 Å². The van der Waals surface area contributed by atoms with Crippen molar-refractivity contribution in [3.05, 3.63) is 29.8 Å². The van der Waals surface area contributed by atoms with Crippen LogP contribution in [0.4, 0.5) is 8.78 Å². The van der Waals surface area contributed by atoms with Crippen molar-refractivity contribution in [2.45, 2.75) is 6.61 Å². The molecule has 0 heterocycles. The number of alkyl halides is 2. The van der Waals surface area contributed by atoms with E-state index < -0.39 is 6.61 Å². The van der Waals surface area contributed by atoms with Gasteiger partial charge in [-0.15, -0.1) is 0 Å². The van der Waals surface area contributed by atoms with E-state index in [2.05, 4.69) is 4.74 Å². The highest BCUT2D eigenvalue weighted by molar-refractivity contribution is 5.94. The number of rotatable bonds is 8. The van der Waals surface area contributed by atoms with Crippen molar-refractivity contribution < 1.29 is 23.0 Å². The molecular weight excluding hydrogens is 270 g/mol. The Morgan fingerprint density at radius 2 is 2.15 bits per heavy atom. The second-order valence-electron chi connectivity index (χ2n) is 3.98. The molecule has 0 spiro atoms. The Bertz CT molecular complexity index is 430. The Balaban J connectivity index is 2.82. The summed E-state index contributed by atoms with van der Waals surface area (Å²) in [7, 11) is 1.53. The minimum absolute atomic E-state index is 0.0507. The van der Waals surface area contributed by atoms with Crippen LogP contribution >= 0.6 is 0 Å². The first-order valence-corrected chi connectivity index (χ1v) is 6.11. The molecule has 1 aromatic rings. The van der Waals surface area contributed by atoms with Crippen LogP contribution in [0.1, 0.15) is 10.4 Å². The standard InChI is InChI=1S/C13H18F2N2O3/c1-19-8-7-17(6-5-16)12(18)10-3-2-4-11(9-10)20-13(14)15/h2-4,9,13H,5-8,16H2,1H3. The van der Waals surface area contributed by atoms with Gasteiger partial charge in [-0.05, 0) is 18.2 Å². The summed E-state index contributed by atoms with van der Waals surface area (Å²) in [6, 6.07) is 5.68. The van der Waals surface area contributed by atoms with Gasteiger partial charge in [0.25, 0.3) is 5.91 Å². The average Bonchev–Trinajstić information content (AvgIpc) is 2.42. The van der Waals surface area contributed by atoms with Crippen LogP contribution in [0.25, 0.3) is 0 Å².